The predicted molar refractivity (Wildman–Crippen MR) is 70.9 cm³/mol. The van der Waals surface area contributed by atoms with Crippen LogP contribution in [0.15, 0.2) is 6.07 Å². The van der Waals surface area contributed by atoms with Gasteiger partial charge in [0, 0.05) is 5.46 Å². The Hall–Kier alpha value is -1.34. The van der Waals surface area contributed by atoms with Gasteiger partial charge < -0.3 is 20.8 Å². The maximum atomic E-state index is 13.9. The van der Waals surface area contributed by atoms with Crippen molar-refractivity contribution in [2.75, 3.05) is 11.5 Å². The Bertz CT molecular complexity index is 519. The van der Waals surface area contributed by atoms with Crippen molar-refractivity contribution in [2.45, 2.75) is 38.9 Å². The summed E-state index contributed by atoms with van der Waals surface area (Å²) in [6.07, 6.45) is 0. The third kappa shape index (κ3) is 2.06. The predicted octanol–water partition coefficient (Wildman–Crippen LogP) is 1.43. The first kappa shape index (κ1) is 14.1. The third-order valence-corrected chi connectivity index (χ3v) is 3.81. The SMILES string of the molecule is CC1(C)OB(c2cc(N)c(N)c(F)c2F)OC1(C)C. The molecule has 0 unspecified atom stereocenters. The van der Waals surface area contributed by atoms with Crippen LogP contribution in [0.1, 0.15) is 27.7 Å². The van der Waals surface area contributed by atoms with E-state index in [1.165, 1.54) is 6.07 Å². The van der Waals surface area contributed by atoms with Crippen LogP contribution in [0.2, 0.25) is 0 Å². The fraction of sp³-hybridized carbons (Fsp3) is 0.500. The molecule has 1 aromatic carbocycles. The van der Waals surface area contributed by atoms with Crippen LogP contribution in [-0.2, 0) is 9.31 Å². The molecule has 4 nitrogen and oxygen atoms in total. The van der Waals surface area contributed by atoms with Gasteiger partial charge in [0.1, 0.15) is 0 Å². The van der Waals surface area contributed by atoms with Crippen LogP contribution < -0.4 is 16.9 Å². The zero-order valence-corrected chi connectivity index (χ0v) is 11.4. The second-order valence-corrected chi connectivity index (χ2v) is 5.68. The second-order valence-electron chi connectivity index (χ2n) is 5.68. The number of anilines is 2. The highest BCUT2D eigenvalue weighted by Gasteiger charge is 2.52. The first-order chi connectivity index (χ1) is 8.57. The van der Waals surface area contributed by atoms with Crippen LogP contribution in [-0.4, -0.2) is 18.3 Å². The van der Waals surface area contributed by atoms with Gasteiger partial charge in [0.05, 0.1) is 22.6 Å². The first-order valence-electron chi connectivity index (χ1n) is 5.95. The molecule has 0 radical (unpaired) electrons. The van der Waals surface area contributed by atoms with Gasteiger partial charge >= 0.3 is 7.12 Å². The van der Waals surface area contributed by atoms with E-state index in [0.29, 0.717) is 0 Å². The molecule has 1 aromatic rings. The lowest BCUT2D eigenvalue weighted by atomic mass is 9.78. The van der Waals surface area contributed by atoms with E-state index in [1.54, 1.807) is 0 Å². The zero-order valence-electron chi connectivity index (χ0n) is 11.4. The van der Waals surface area contributed by atoms with Crippen LogP contribution in [0.4, 0.5) is 20.2 Å². The maximum absolute atomic E-state index is 13.9. The second kappa shape index (κ2) is 4.08. The lowest BCUT2D eigenvalue weighted by Gasteiger charge is -2.32. The summed E-state index contributed by atoms with van der Waals surface area (Å²) in [5, 5.41) is 0. The van der Waals surface area contributed by atoms with Gasteiger partial charge in [0.2, 0.25) is 0 Å². The number of halogens is 2. The summed E-state index contributed by atoms with van der Waals surface area (Å²) in [6, 6.07) is 1.25. The van der Waals surface area contributed by atoms with Crippen molar-refractivity contribution in [3.63, 3.8) is 0 Å². The van der Waals surface area contributed by atoms with Crippen molar-refractivity contribution in [2.24, 2.45) is 0 Å². The molecule has 0 amide bonds. The smallest absolute Gasteiger partial charge is 0.399 e. The summed E-state index contributed by atoms with van der Waals surface area (Å²) in [5.41, 5.74) is 9.08. The number of hydrogen-bond donors (Lipinski definition) is 2. The van der Waals surface area contributed by atoms with E-state index in [4.69, 9.17) is 20.8 Å². The Morgan fingerprint density at radius 2 is 1.47 bits per heavy atom. The molecule has 0 aliphatic carbocycles. The monoisotopic (exact) mass is 270 g/mol. The highest BCUT2D eigenvalue weighted by molar-refractivity contribution is 6.62. The molecule has 4 N–H and O–H groups in total. The van der Waals surface area contributed by atoms with Gasteiger partial charge in [0.15, 0.2) is 11.6 Å². The fourth-order valence-corrected chi connectivity index (χ4v) is 1.82. The molecule has 7 heteroatoms. The number of benzene rings is 1. The average Bonchev–Trinajstić information content (AvgIpc) is 2.50. The van der Waals surface area contributed by atoms with Crippen molar-refractivity contribution in [3.05, 3.63) is 17.7 Å². The van der Waals surface area contributed by atoms with E-state index in [9.17, 15) is 8.78 Å². The summed E-state index contributed by atoms with van der Waals surface area (Å²) >= 11 is 0. The molecule has 1 heterocycles. The lowest BCUT2D eigenvalue weighted by Crippen LogP contribution is -2.41. The van der Waals surface area contributed by atoms with Gasteiger partial charge in [-0.05, 0) is 33.8 Å². The molecule has 0 bridgehead atoms. The largest absolute Gasteiger partial charge is 0.498 e. The molecule has 1 aliphatic heterocycles. The number of rotatable bonds is 1. The minimum atomic E-state index is -1.18. The first-order valence-corrected chi connectivity index (χ1v) is 5.95. The van der Waals surface area contributed by atoms with Crippen molar-refractivity contribution in [1.82, 2.24) is 0 Å². The van der Waals surface area contributed by atoms with Crippen molar-refractivity contribution in [3.8, 4) is 0 Å². The standard InChI is InChI=1S/C12H17BF2N2O2/c1-11(2)12(3,4)19-13(18-11)6-5-7(16)10(17)9(15)8(6)14/h5H,16-17H2,1-4H3. The van der Waals surface area contributed by atoms with E-state index in [2.05, 4.69) is 0 Å². The summed E-state index contributed by atoms with van der Waals surface area (Å²) in [4.78, 5) is 0. The van der Waals surface area contributed by atoms with Gasteiger partial charge in [-0.25, -0.2) is 8.78 Å². The van der Waals surface area contributed by atoms with Gasteiger partial charge in [-0.15, -0.1) is 0 Å². The van der Waals surface area contributed by atoms with Crippen molar-refractivity contribution in [1.29, 1.82) is 0 Å². The Balaban J connectivity index is 2.46. The molecule has 0 spiro atoms. The molecule has 1 fully saturated rings. The molecule has 0 saturated carbocycles. The maximum Gasteiger partial charge on any atom is 0.498 e. The summed E-state index contributed by atoms with van der Waals surface area (Å²) in [5.74, 6) is -2.27. The van der Waals surface area contributed by atoms with Gasteiger partial charge in [-0.2, -0.15) is 0 Å². The van der Waals surface area contributed by atoms with E-state index < -0.39 is 35.6 Å². The molecule has 104 valence electrons. The Kier molecular flexibility index (Phi) is 3.02. The minimum Gasteiger partial charge on any atom is -0.399 e. The molecule has 0 aromatic heterocycles. The Labute approximate surface area is 111 Å². The normalized spacial score (nSPS) is 20.8. The molecular formula is C12H17BF2N2O2. The summed E-state index contributed by atoms with van der Waals surface area (Å²) in [7, 11) is -1.01. The molecule has 1 aliphatic rings. The highest BCUT2D eigenvalue weighted by atomic mass is 19.2. The number of hydrogen-bond acceptors (Lipinski definition) is 4. The summed E-state index contributed by atoms with van der Waals surface area (Å²) < 4.78 is 38.8. The lowest BCUT2D eigenvalue weighted by molar-refractivity contribution is 0.00578. The van der Waals surface area contributed by atoms with E-state index >= 15 is 0 Å². The van der Waals surface area contributed by atoms with Crippen LogP contribution in [0.5, 0.6) is 0 Å². The van der Waals surface area contributed by atoms with Crippen LogP contribution in [0, 0.1) is 11.6 Å². The Morgan fingerprint density at radius 3 is 1.95 bits per heavy atom. The van der Waals surface area contributed by atoms with E-state index in [-0.39, 0.29) is 11.2 Å². The molecule has 19 heavy (non-hydrogen) atoms. The molecule has 0 atom stereocenters. The Morgan fingerprint density at radius 1 is 1.00 bits per heavy atom. The van der Waals surface area contributed by atoms with Crippen LogP contribution >= 0.6 is 0 Å². The topological polar surface area (TPSA) is 70.5 Å². The zero-order chi connectivity index (χ0) is 14.6. The minimum absolute atomic E-state index is 0.0383. The average molecular weight is 270 g/mol. The van der Waals surface area contributed by atoms with Crippen molar-refractivity contribution < 1.29 is 18.1 Å². The summed E-state index contributed by atoms with van der Waals surface area (Å²) in [6.45, 7) is 7.29. The van der Waals surface area contributed by atoms with Crippen LogP contribution in [0.25, 0.3) is 0 Å². The molecule has 1 saturated heterocycles. The van der Waals surface area contributed by atoms with E-state index in [0.717, 1.165) is 0 Å². The highest BCUT2D eigenvalue weighted by Crippen LogP contribution is 2.37. The molecular weight excluding hydrogens is 253 g/mol. The van der Waals surface area contributed by atoms with Crippen LogP contribution in [0.3, 0.4) is 0 Å². The van der Waals surface area contributed by atoms with E-state index in [1.807, 2.05) is 27.7 Å². The third-order valence-electron chi connectivity index (χ3n) is 3.81. The fourth-order valence-electron chi connectivity index (χ4n) is 1.82. The van der Waals surface area contributed by atoms with Gasteiger partial charge in [-0.1, -0.05) is 0 Å². The number of nitrogen functional groups attached to an aromatic ring is 2. The molecule has 2 rings (SSSR count). The quantitative estimate of drug-likeness (QED) is 0.598. The van der Waals surface area contributed by atoms with Gasteiger partial charge in [0.25, 0.3) is 0 Å². The van der Waals surface area contributed by atoms with Gasteiger partial charge in [-0.3, -0.25) is 0 Å². The van der Waals surface area contributed by atoms with Crippen molar-refractivity contribution >= 4 is 24.0 Å². The number of nitrogens with two attached hydrogens (primary N) is 2.